The van der Waals surface area contributed by atoms with E-state index >= 15 is 0 Å². The zero-order chi connectivity index (χ0) is 13.2. The Kier molecular flexibility index (Phi) is 4.59. The van der Waals surface area contributed by atoms with Crippen molar-refractivity contribution >= 4 is 33.0 Å². The Morgan fingerprint density at radius 3 is 2.67 bits per heavy atom. The lowest BCUT2D eigenvalue weighted by molar-refractivity contribution is -0.129. The number of halogens is 1. The van der Waals surface area contributed by atoms with Crippen LogP contribution in [0.2, 0.25) is 0 Å². The molecule has 1 saturated heterocycles. The lowest BCUT2D eigenvalue weighted by atomic mass is 9.93. The summed E-state index contributed by atoms with van der Waals surface area (Å²) < 4.78 is 1.09. The molecule has 2 heterocycles. The molecule has 1 aliphatic rings. The molecular formula is C13H19BrN2OS. The Bertz CT molecular complexity index is 424. The first-order valence-corrected chi connectivity index (χ1v) is 7.84. The summed E-state index contributed by atoms with van der Waals surface area (Å²) in [4.78, 5) is 15.9. The highest BCUT2D eigenvalue weighted by Crippen LogP contribution is 2.25. The molecule has 3 nitrogen and oxygen atoms in total. The Hall–Kier alpha value is -0.230. The van der Waals surface area contributed by atoms with E-state index in [-0.39, 0.29) is 5.54 Å². The number of carbonyl (C=O) groups excluding carboxylic acids is 1. The number of Topliss-reactive ketones (excluding diaryl/α,β-unsaturated/α-hetero) is 1. The first kappa shape index (κ1) is 14.2. The highest BCUT2D eigenvalue weighted by molar-refractivity contribution is 9.11. The zero-order valence-corrected chi connectivity index (χ0v) is 13.2. The average Bonchev–Trinajstić information content (AvgIpc) is 2.76. The predicted molar refractivity (Wildman–Crippen MR) is 79.3 cm³/mol. The molecule has 5 heteroatoms. The van der Waals surface area contributed by atoms with E-state index in [1.165, 1.54) is 0 Å². The maximum atomic E-state index is 12.5. The summed E-state index contributed by atoms with van der Waals surface area (Å²) in [6, 6.07) is 4.03. The van der Waals surface area contributed by atoms with Crippen LogP contribution in [0.3, 0.4) is 0 Å². The summed E-state index contributed by atoms with van der Waals surface area (Å²) in [5.41, 5.74) is -0.363. The molecule has 0 aliphatic carbocycles. The van der Waals surface area contributed by atoms with E-state index in [2.05, 4.69) is 26.1 Å². The van der Waals surface area contributed by atoms with Crippen LogP contribution in [0.4, 0.5) is 0 Å². The van der Waals surface area contributed by atoms with Gasteiger partial charge in [-0.25, -0.2) is 0 Å². The van der Waals surface area contributed by atoms with E-state index in [9.17, 15) is 4.79 Å². The Morgan fingerprint density at radius 1 is 1.44 bits per heavy atom. The van der Waals surface area contributed by atoms with Gasteiger partial charge in [-0.1, -0.05) is 0 Å². The van der Waals surface area contributed by atoms with E-state index in [1.54, 1.807) is 11.3 Å². The van der Waals surface area contributed by atoms with Gasteiger partial charge < -0.3 is 5.32 Å². The van der Waals surface area contributed by atoms with Crippen LogP contribution in [0.15, 0.2) is 15.9 Å². The van der Waals surface area contributed by atoms with Crippen molar-refractivity contribution in [3.8, 4) is 0 Å². The van der Waals surface area contributed by atoms with Gasteiger partial charge in [0, 0.05) is 37.5 Å². The molecule has 0 bridgehead atoms. The van der Waals surface area contributed by atoms with Crippen LogP contribution < -0.4 is 5.32 Å². The van der Waals surface area contributed by atoms with Crippen molar-refractivity contribution < 1.29 is 4.79 Å². The predicted octanol–water partition coefficient (Wildman–Crippen LogP) is 2.31. The molecule has 0 unspecified atom stereocenters. The Balaban J connectivity index is 2.02. The summed E-state index contributed by atoms with van der Waals surface area (Å²) >= 11 is 5.08. The monoisotopic (exact) mass is 330 g/mol. The standard InChI is InChI=1S/C13H19BrN2OS/c1-13(2,16-7-5-15-6-8-16)11(17)9-10-3-4-12(14)18-10/h3-4,15H,5-9H2,1-2H3. The molecular weight excluding hydrogens is 312 g/mol. The third kappa shape index (κ3) is 3.20. The largest absolute Gasteiger partial charge is 0.314 e. The number of piperazine rings is 1. The molecule has 0 radical (unpaired) electrons. The van der Waals surface area contributed by atoms with Gasteiger partial charge >= 0.3 is 0 Å². The second-order valence-electron chi connectivity index (χ2n) is 5.10. The molecule has 1 fully saturated rings. The van der Waals surface area contributed by atoms with E-state index < -0.39 is 0 Å². The Labute approximate surface area is 121 Å². The highest BCUT2D eigenvalue weighted by Gasteiger charge is 2.34. The van der Waals surface area contributed by atoms with Crippen molar-refractivity contribution in [1.29, 1.82) is 0 Å². The van der Waals surface area contributed by atoms with Crippen molar-refractivity contribution in [3.05, 3.63) is 20.8 Å². The lowest BCUT2D eigenvalue weighted by Gasteiger charge is -2.40. The number of hydrogen-bond donors (Lipinski definition) is 1. The molecule has 1 aromatic heterocycles. The summed E-state index contributed by atoms with van der Waals surface area (Å²) in [5.74, 6) is 0.304. The number of thiophene rings is 1. The maximum absolute atomic E-state index is 12.5. The molecule has 0 amide bonds. The number of hydrogen-bond acceptors (Lipinski definition) is 4. The van der Waals surface area contributed by atoms with E-state index in [0.717, 1.165) is 34.8 Å². The van der Waals surface area contributed by atoms with Gasteiger partial charge in [0.2, 0.25) is 0 Å². The molecule has 100 valence electrons. The van der Waals surface area contributed by atoms with Crippen LogP contribution in [0.25, 0.3) is 0 Å². The van der Waals surface area contributed by atoms with Crippen molar-refractivity contribution in [2.24, 2.45) is 0 Å². The average molecular weight is 331 g/mol. The normalized spacial score (nSPS) is 17.9. The SMILES string of the molecule is CC(C)(C(=O)Cc1ccc(Br)s1)N1CCNCC1. The number of rotatable bonds is 4. The third-order valence-electron chi connectivity index (χ3n) is 3.55. The second-order valence-corrected chi connectivity index (χ2v) is 7.65. The molecule has 0 saturated carbocycles. The minimum atomic E-state index is -0.363. The van der Waals surface area contributed by atoms with E-state index in [1.807, 2.05) is 26.0 Å². The quantitative estimate of drug-likeness (QED) is 0.919. The number of carbonyl (C=O) groups is 1. The van der Waals surface area contributed by atoms with Gasteiger partial charge in [0.25, 0.3) is 0 Å². The van der Waals surface area contributed by atoms with Gasteiger partial charge in [-0.3, -0.25) is 9.69 Å². The van der Waals surface area contributed by atoms with Gasteiger partial charge in [0.05, 0.1) is 9.33 Å². The molecule has 18 heavy (non-hydrogen) atoms. The zero-order valence-electron chi connectivity index (χ0n) is 10.8. The molecule has 0 aromatic carbocycles. The van der Waals surface area contributed by atoms with Crippen LogP contribution in [0.5, 0.6) is 0 Å². The highest BCUT2D eigenvalue weighted by atomic mass is 79.9. The minimum absolute atomic E-state index is 0.304. The molecule has 1 N–H and O–H groups in total. The van der Waals surface area contributed by atoms with Gasteiger partial charge in [-0.2, -0.15) is 0 Å². The smallest absolute Gasteiger partial charge is 0.157 e. The van der Waals surface area contributed by atoms with E-state index in [4.69, 9.17) is 0 Å². The molecule has 1 aromatic rings. The number of ketones is 1. The second kappa shape index (κ2) is 5.82. The minimum Gasteiger partial charge on any atom is -0.314 e. The fourth-order valence-corrected chi connectivity index (χ4v) is 3.70. The lowest BCUT2D eigenvalue weighted by Crippen LogP contribution is -2.57. The number of nitrogens with one attached hydrogen (secondary N) is 1. The van der Waals surface area contributed by atoms with Crippen molar-refractivity contribution in [1.82, 2.24) is 10.2 Å². The van der Waals surface area contributed by atoms with Crippen molar-refractivity contribution in [2.45, 2.75) is 25.8 Å². The van der Waals surface area contributed by atoms with E-state index in [0.29, 0.717) is 12.2 Å². The van der Waals surface area contributed by atoms with Crippen molar-refractivity contribution in [3.63, 3.8) is 0 Å². The molecule has 0 spiro atoms. The topological polar surface area (TPSA) is 32.3 Å². The number of nitrogens with zero attached hydrogens (tertiary/aromatic N) is 1. The molecule has 2 rings (SSSR count). The van der Waals surface area contributed by atoms with Crippen molar-refractivity contribution in [2.75, 3.05) is 26.2 Å². The van der Waals surface area contributed by atoms with Gasteiger partial charge in [-0.05, 0) is 41.9 Å². The Morgan fingerprint density at radius 2 is 2.11 bits per heavy atom. The maximum Gasteiger partial charge on any atom is 0.157 e. The van der Waals surface area contributed by atoms with Gasteiger partial charge in [0.1, 0.15) is 0 Å². The third-order valence-corrected chi connectivity index (χ3v) is 5.18. The van der Waals surface area contributed by atoms with Gasteiger partial charge in [0.15, 0.2) is 5.78 Å². The van der Waals surface area contributed by atoms with Crippen LogP contribution in [0, 0.1) is 0 Å². The van der Waals surface area contributed by atoms with Crippen LogP contribution in [-0.4, -0.2) is 42.4 Å². The molecule has 1 aliphatic heterocycles. The van der Waals surface area contributed by atoms with Crippen LogP contribution in [0.1, 0.15) is 18.7 Å². The summed E-state index contributed by atoms with van der Waals surface area (Å²) in [6.07, 6.45) is 0.535. The molecule has 0 atom stereocenters. The summed E-state index contributed by atoms with van der Waals surface area (Å²) in [6.45, 7) is 7.94. The summed E-state index contributed by atoms with van der Waals surface area (Å²) in [5, 5.41) is 3.32. The first-order valence-electron chi connectivity index (χ1n) is 6.23. The fourth-order valence-electron chi connectivity index (χ4n) is 2.22. The van der Waals surface area contributed by atoms with Crippen LogP contribution >= 0.6 is 27.3 Å². The van der Waals surface area contributed by atoms with Crippen LogP contribution in [-0.2, 0) is 11.2 Å². The first-order chi connectivity index (χ1) is 8.50. The summed E-state index contributed by atoms with van der Waals surface area (Å²) in [7, 11) is 0. The fraction of sp³-hybridized carbons (Fsp3) is 0.615. The van der Waals surface area contributed by atoms with Gasteiger partial charge in [-0.15, -0.1) is 11.3 Å².